The highest BCUT2D eigenvalue weighted by molar-refractivity contribution is 5.85. The summed E-state index contributed by atoms with van der Waals surface area (Å²) in [5.74, 6) is 1.74. The Morgan fingerprint density at radius 3 is 2.73 bits per heavy atom. The van der Waals surface area contributed by atoms with Crippen molar-refractivity contribution in [3.05, 3.63) is 29.8 Å². The van der Waals surface area contributed by atoms with Gasteiger partial charge in [-0.2, -0.15) is 0 Å². The fourth-order valence-electron chi connectivity index (χ4n) is 3.23. The molecule has 0 aromatic heterocycles. The molecule has 22 heavy (non-hydrogen) atoms. The van der Waals surface area contributed by atoms with Crippen LogP contribution in [0.1, 0.15) is 25.3 Å². The Morgan fingerprint density at radius 2 is 2.05 bits per heavy atom. The van der Waals surface area contributed by atoms with Crippen LogP contribution in [0.3, 0.4) is 0 Å². The Balaban J connectivity index is 0.00000176. The van der Waals surface area contributed by atoms with Crippen molar-refractivity contribution < 1.29 is 9.53 Å². The number of likely N-dealkylation sites (tertiary alicyclic amines) is 1. The van der Waals surface area contributed by atoms with E-state index in [9.17, 15) is 4.79 Å². The maximum atomic E-state index is 12.6. The zero-order valence-corrected chi connectivity index (χ0v) is 13.9. The van der Waals surface area contributed by atoms with Gasteiger partial charge in [-0.3, -0.25) is 4.79 Å². The highest BCUT2D eigenvalue weighted by Crippen LogP contribution is 2.29. The van der Waals surface area contributed by atoms with Gasteiger partial charge in [-0.15, -0.1) is 12.4 Å². The molecule has 122 valence electrons. The second kappa shape index (κ2) is 7.84. The molecule has 3 rings (SSSR count). The van der Waals surface area contributed by atoms with Crippen LogP contribution in [-0.4, -0.2) is 43.1 Å². The van der Waals surface area contributed by atoms with Crippen molar-refractivity contribution in [2.75, 3.05) is 26.2 Å². The minimum Gasteiger partial charge on any atom is -0.480 e. The van der Waals surface area contributed by atoms with E-state index in [0.29, 0.717) is 12.3 Å². The number of nitrogens with one attached hydrogen (secondary N) is 1. The van der Waals surface area contributed by atoms with Crippen LogP contribution in [0.2, 0.25) is 0 Å². The molecule has 2 aliphatic rings. The summed E-state index contributed by atoms with van der Waals surface area (Å²) in [6.07, 6.45) is 2.59. The fraction of sp³-hybridized carbons (Fsp3) is 0.588. The largest absolute Gasteiger partial charge is 0.480 e. The van der Waals surface area contributed by atoms with Crippen LogP contribution in [-0.2, 0) is 11.2 Å². The Labute approximate surface area is 138 Å². The first kappa shape index (κ1) is 17.1. The van der Waals surface area contributed by atoms with Gasteiger partial charge in [0.2, 0.25) is 0 Å². The van der Waals surface area contributed by atoms with Gasteiger partial charge in [-0.05, 0) is 43.5 Å². The number of para-hydroxylation sites is 1. The summed E-state index contributed by atoms with van der Waals surface area (Å²) < 4.78 is 5.81. The van der Waals surface area contributed by atoms with Crippen LogP contribution < -0.4 is 10.1 Å². The fourth-order valence-corrected chi connectivity index (χ4v) is 3.23. The van der Waals surface area contributed by atoms with Crippen LogP contribution >= 0.6 is 12.4 Å². The number of nitrogens with zero attached hydrogens (tertiary/aromatic N) is 1. The lowest BCUT2D eigenvalue weighted by atomic mass is 9.96. The molecule has 1 aromatic carbocycles. The number of piperidine rings is 1. The van der Waals surface area contributed by atoms with E-state index in [-0.39, 0.29) is 24.4 Å². The van der Waals surface area contributed by atoms with Gasteiger partial charge in [0.25, 0.3) is 5.91 Å². The molecule has 0 spiro atoms. The van der Waals surface area contributed by atoms with Gasteiger partial charge in [-0.25, -0.2) is 0 Å². The number of fused-ring (bicyclic) bond motifs is 1. The molecule has 1 N–H and O–H groups in total. The van der Waals surface area contributed by atoms with E-state index in [1.165, 1.54) is 0 Å². The number of rotatable bonds is 4. The minimum absolute atomic E-state index is 0. The van der Waals surface area contributed by atoms with Crippen molar-refractivity contribution in [1.29, 1.82) is 0 Å². The number of ether oxygens (including phenoxy) is 1. The lowest BCUT2D eigenvalue weighted by Crippen LogP contribution is -2.46. The van der Waals surface area contributed by atoms with E-state index in [1.54, 1.807) is 0 Å². The van der Waals surface area contributed by atoms with Crippen molar-refractivity contribution in [1.82, 2.24) is 10.2 Å². The molecule has 1 aromatic rings. The van der Waals surface area contributed by atoms with Crippen molar-refractivity contribution in [2.45, 2.75) is 32.3 Å². The third kappa shape index (κ3) is 3.73. The number of carbonyl (C=O) groups is 1. The zero-order chi connectivity index (χ0) is 14.7. The molecule has 0 aliphatic carbocycles. The number of halogens is 1. The van der Waals surface area contributed by atoms with Crippen molar-refractivity contribution in [3.8, 4) is 5.75 Å². The highest BCUT2D eigenvalue weighted by atomic mass is 35.5. The molecule has 0 bridgehead atoms. The summed E-state index contributed by atoms with van der Waals surface area (Å²) in [6.45, 7) is 5.96. The van der Waals surface area contributed by atoms with Gasteiger partial charge in [0.05, 0.1) is 0 Å². The summed E-state index contributed by atoms with van der Waals surface area (Å²) in [7, 11) is 0. The maximum Gasteiger partial charge on any atom is 0.263 e. The lowest BCUT2D eigenvalue weighted by Gasteiger charge is -2.33. The predicted molar refractivity (Wildman–Crippen MR) is 89.7 cm³/mol. The monoisotopic (exact) mass is 324 g/mol. The highest BCUT2D eigenvalue weighted by Gasteiger charge is 2.33. The summed E-state index contributed by atoms with van der Waals surface area (Å²) in [4.78, 5) is 14.6. The maximum absolute atomic E-state index is 12.6. The molecule has 5 heteroatoms. The van der Waals surface area contributed by atoms with Crippen molar-refractivity contribution in [2.24, 2.45) is 5.92 Å². The molecule has 0 saturated carbocycles. The summed E-state index contributed by atoms with van der Waals surface area (Å²) in [5.41, 5.74) is 1.15. The van der Waals surface area contributed by atoms with Gasteiger partial charge in [0.1, 0.15) is 5.75 Å². The Hall–Kier alpha value is -1.26. The summed E-state index contributed by atoms with van der Waals surface area (Å²) in [6, 6.07) is 7.95. The lowest BCUT2D eigenvalue weighted by molar-refractivity contribution is -0.139. The number of benzene rings is 1. The molecule has 1 fully saturated rings. The summed E-state index contributed by atoms with van der Waals surface area (Å²) in [5, 5.41) is 3.40. The van der Waals surface area contributed by atoms with E-state index in [1.807, 2.05) is 29.2 Å². The van der Waals surface area contributed by atoms with Gasteiger partial charge < -0.3 is 15.0 Å². The molecule has 1 unspecified atom stereocenters. The third-order valence-corrected chi connectivity index (χ3v) is 4.53. The number of hydrogen-bond donors (Lipinski definition) is 1. The average Bonchev–Trinajstić information content (AvgIpc) is 2.96. The Bertz CT molecular complexity index is 476. The van der Waals surface area contributed by atoms with Gasteiger partial charge in [0.15, 0.2) is 6.10 Å². The number of carbonyl (C=O) groups excluding carboxylic acids is 1. The zero-order valence-electron chi connectivity index (χ0n) is 13.1. The topological polar surface area (TPSA) is 41.6 Å². The molecule has 1 amide bonds. The molecule has 2 heterocycles. The number of hydrogen-bond acceptors (Lipinski definition) is 3. The smallest absolute Gasteiger partial charge is 0.263 e. The van der Waals surface area contributed by atoms with E-state index in [4.69, 9.17) is 4.74 Å². The van der Waals surface area contributed by atoms with E-state index in [0.717, 1.165) is 50.3 Å². The molecule has 1 atom stereocenters. The first-order chi connectivity index (χ1) is 10.3. The molecule has 0 radical (unpaired) electrons. The van der Waals surface area contributed by atoms with E-state index >= 15 is 0 Å². The van der Waals surface area contributed by atoms with Crippen LogP contribution in [0.4, 0.5) is 0 Å². The molecular formula is C17H25ClN2O2. The van der Waals surface area contributed by atoms with E-state index < -0.39 is 0 Å². The van der Waals surface area contributed by atoms with Crippen LogP contribution in [0.25, 0.3) is 0 Å². The number of amides is 1. The van der Waals surface area contributed by atoms with Crippen LogP contribution in [0.5, 0.6) is 5.75 Å². The molecule has 1 saturated heterocycles. The molecule has 4 nitrogen and oxygen atoms in total. The molecule has 2 aliphatic heterocycles. The quantitative estimate of drug-likeness (QED) is 0.923. The van der Waals surface area contributed by atoms with Gasteiger partial charge >= 0.3 is 0 Å². The minimum atomic E-state index is -0.312. The van der Waals surface area contributed by atoms with E-state index in [2.05, 4.69) is 12.2 Å². The van der Waals surface area contributed by atoms with Crippen molar-refractivity contribution >= 4 is 18.3 Å². The SMILES string of the molecule is CCNCC1CCN(C(=O)C2Cc3ccccc3O2)CC1.Cl. The van der Waals surface area contributed by atoms with Crippen LogP contribution in [0.15, 0.2) is 24.3 Å². The summed E-state index contributed by atoms with van der Waals surface area (Å²) >= 11 is 0. The van der Waals surface area contributed by atoms with Gasteiger partial charge in [-0.1, -0.05) is 25.1 Å². The average molecular weight is 325 g/mol. The van der Waals surface area contributed by atoms with Crippen LogP contribution in [0, 0.1) is 5.92 Å². The van der Waals surface area contributed by atoms with Crippen molar-refractivity contribution in [3.63, 3.8) is 0 Å². The van der Waals surface area contributed by atoms with Gasteiger partial charge in [0, 0.05) is 19.5 Å². The normalized spacial score (nSPS) is 21.0. The predicted octanol–water partition coefficient (Wildman–Crippen LogP) is 2.26. The second-order valence-electron chi connectivity index (χ2n) is 5.99. The Morgan fingerprint density at radius 1 is 1.32 bits per heavy atom. The Kier molecular flexibility index (Phi) is 6.09. The first-order valence-electron chi connectivity index (χ1n) is 8.02. The second-order valence-corrected chi connectivity index (χ2v) is 5.99. The third-order valence-electron chi connectivity index (χ3n) is 4.53. The standard InChI is InChI=1S/C17H24N2O2.ClH/c1-2-18-12-13-7-9-19(10-8-13)17(20)16-11-14-5-3-4-6-15(14)21-16;/h3-6,13,16,18H,2,7-12H2,1H3;1H. The molecular weight excluding hydrogens is 300 g/mol. The first-order valence-corrected chi connectivity index (χ1v) is 8.02.